The predicted molar refractivity (Wildman–Crippen MR) is 88.0 cm³/mol. The number of nitrogens with one attached hydrogen (secondary N) is 1. The van der Waals surface area contributed by atoms with Gasteiger partial charge in [0.1, 0.15) is 18.5 Å². The molecule has 1 unspecified atom stereocenters. The number of imidazole rings is 1. The maximum absolute atomic E-state index is 12.0. The number of ether oxygens (including phenoxy) is 1. The molecule has 24 heavy (non-hydrogen) atoms. The zero-order chi connectivity index (χ0) is 16.8. The Morgan fingerprint density at radius 1 is 1.33 bits per heavy atom. The van der Waals surface area contributed by atoms with Crippen molar-refractivity contribution in [1.82, 2.24) is 24.8 Å². The van der Waals surface area contributed by atoms with Crippen LogP contribution in [-0.4, -0.2) is 32.0 Å². The van der Waals surface area contributed by atoms with Gasteiger partial charge in [-0.15, -0.1) is 0 Å². The van der Waals surface area contributed by atoms with E-state index < -0.39 is 0 Å². The van der Waals surface area contributed by atoms with Crippen molar-refractivity contribution < 1.29 is 9.53 Å². The summed E-state index contributed by atoms with van der Waals surface area (Å²) in [7, 11) is 0. The first-order chi connectivity index (χ1) is 11.8. The van der Waals surface area contributed by atoms with E-state index in [0.29, 0.717) is 6.54 Å². The average Bonchev–Trinajstić information content (AvgIpc) is 3.08. The molecule has 7 heteroatoms. The largest absolute Gasteiger partial charge is 0.370 e. The summed E-state index contributed by atoms with van der Waals surface area (Å²) >= 11 is 0. The van der Waals surface area contributed by atoms with E-state index in [1.165, 1.54) is 0 Å². The lowest BCUT2D eigenvalue weighted by Crippen LogP contribution is -2.27. The van der Waals surface area contributed by atoms with Crippen LogP contribution in [0.3, 0.4) is 0 Å². The molecule has 0 radical (unpaired) electrons. The van der Waals surface area contributed by atoms with Gasteiger partial charge >= 0.3 is 0 Å². The maximum Gasteiger partial charge on any atom is 0.240 e. The van der Waals surface area contributed by atoms with Crippen LogP contribution >= 0.6 is 0 Å². The highest BCUT2D eigenvalue weighted by Gasteiger charge is 2.18. The Balaban J connectivity index is 1.50. The number of aromatic nitrogens is 4. The molecule has 0 saturated carbocycles. The average molecular weight is 329 g/mol. The molecule has 0 aromatic carbocycles. The summed E-state index contributed by atoms with van der Waals surface area (Å²) in [6, 6.07) is 0. The molecule has 1 aliphatic heterocycles. The summed E-state index contributed by atoms with van der Waals surface area (Å²) in [5.41, 5.74) is 0.879. The molecule has 3 heterocycles. The van der Waals surface area contributed by atoms with Crippen molar-refractivity contribution in [1.29, 1.82) is 0 Å². The summed E-state index contributed by atoms with van der Waals surface area (Å²) in [5.74, 6) is 1.59. The normalized spacial score (nSPS) is 17.6. The first-order valence-electron chi connectivity index (χ1n) is 8.45. The Hall–Kier alpha value is -2.28. The van der Waals surface area contributed by atoms with Crippen molar-refractivity contribution in [2.75, 3.05) is 6.61 Å². The fourth-order valence-corrected chi connectivity index (χ4v) is 2.78. The van der Waals surface area contributed by atoms with Crippen LogP contribution in [0.25, 0.3) is 0 Å². The quantitative estimate of drug-likeness (QED) is 0.874. The number of rotatable bonds is 6. The van der Waals surface area contributed by atoms with Crippen molar-refractivity contribution in [3.63, 3.8) is 0 Å². The third kappa shape index (κ3) is 4.17. The molecule has 1 atom stereocenters. The third-order valence-corrected chi connectivity index (χ3v) is 4.11. The topological polar surface area (TPSA) is 81.9 Å². The van der Waals surface area contributed by atoms with Crippen LogP contribution in [0.5, 0.6) is 0 Å². The van der Waals surface area contributed by atoms with E-state index in [1.807, 2.05) is 17.7 Å². The van der Waals surface area contributed by atoms with Gasteiger partial charge in [-0.3, -0.25) is 4.79 Å². The molecule has 0 aliphatic carbocycles. The zero-order valence-corrected chi connectivity index (χ0v) is 13.9. The smallest absolute Gasteiger partial charge is 0.240 e. The van der Waals surface area contributed by atoms with Gasteiger partial charge in [0.05, 0.1) is 0 Å². The Morgan fingerprint density at radius 3 is 2.88 bits per heavy atom. The van der Waals surface area contributed by atoms with Crippen molar-refractivity contribution in [3.05, 3.63) is 42.0 Å². The van der Waals surface area contributed by atoms with Crippen molar-refractivity contribution in [2.45, 2.75) is 51.8 Å². The van der Waals surface area contributed by atoms with Crippen molar-refractivity contribution in [3.8, 4) is 0 Å². The fourth-order valence-electron chi connectivity index (χ4n) is 2.78. The number of hydrogen-bond donors (Lipinski definition) is 1. The molecule has 1 aliphatic rings. The number of carbonyl (C=O) groups is 1. The minimum absolute atomic E-state index is 0.0103. The second kappa shape index (κ2) is 8.01. The molecular formula is C17H23N5O2. The van der Waals surface area contributed by atoms with Gasteiger partial charge in [0.25, 0.3) is 0 Å². The summed E-state index contributed by atoms with van der Waals surface area (Å²) in [4.78, 5) is 25.0. The first kappa shape index (κ1) is 16.6. The highest BCUT2D eigenvalue weighted by Crippen LogP contribution is 2.24. The molecule has 0 spiro atoms. The molecule has 128 valence electrons. The van der Waals surface area contributed by atoms with Gasteiger partial charge in [-0.25, -0.2) is 15.0 Å². The van der Waals surface area contributed by atoms with Crippen LogP contribution in [0.2, 0.25) is 0 Å². The molecule has 0 bridgehead atoms. The van der Waals surface area contributed by atoms with E-state index in [9.17, 15) is 4.79 Å². The van der Waals surface area contributed by atoms with Gasteiger partial charge < -0.3 is 14.6 Å². The molecular weight excluding hydrogens is 306 g/mol. The van der Waals surface area contributed by atoms with E-state index >= 15 is 0 Å². The standard InChI is InChI=1S/C17H23N5O2/c1-2-15-18-6-7-22(15)12-16(23)19-9-13-10-20-17(21-11-13)14-5-3-4-8-24-14/h6-7,10-11,14H,2-5,8-9,12H2,1H3,(H,19,23). The Morgan fingerprint density at radius 2 is 2.17 bits per heavy atom. The van der Waals surface area contributed by atoms with Gasteiger partial charge in [-0.2, -0.15) is 0 Å². The van der Waals surface area contributed by atoms with E-state index in [1.54, 1.807) is 18.6 Å². The Bertz CT molecular complexity index is 662. The number of carbonyl (C=O) groups excluding carboxylic acids is 1. The molecule has 7 nitrogen and oxygen atoms in total. The van der Waals surface area contributed by atoms with Crippen LogP contribution in [0, 0.1) is 0 Å². The summed E-state index contributed by atoms with van der Waals surface area (Å²) in [5, 5.41) is 2.89. The summed E-state index contributed by atoms with van der Waals surface area (Å²) in [6.07, 6.45) is 11.1. The maximum atomic E-state index is 12.0. The molecule has 3 rings (SSSR count). The molecule has 1 fully saturated rings. The molecule has 2 aromatic rings. The van der Waals surface area contributed by atoms with Gasteiger partial charge in [-0.05, 0) is 19.3 Å². The number of amides is 1. The summed E-state index contributed by atoms with van der Waals surface area (Å²) < 4.78 is 7.54. The van der Waals surface area contributed by atoms with E-state index in [0.717, 1.165) is 49.5 Å². The van der Waals surface area contributed by atoms with Crippen LogP contribution in [0.4, 0.5) is 0 Å². The van der Waals surface area contributed by atoms with Gasteiger partial charge in [0.15, 0.2) is 5.82 Å². The monoisotopic (exact) mass is 329 g/mol. The zero-order valence-electron chi connectivity index (χ0n) is 13.9. The minimum Gasteiger partial charge on any atom is -0.370 e. The Kier molecular flexibility index (Phi) is 5.53. The second-order valence-corrected chi connectivity index (χ2v) is 5.91. The van der Waals surface area contributed by atoms with Gasteiger partial charge in [-0.1, -0.05) is 6.92 Å². The molecule has 2 aromatic heterocycles. The highest BCUT2D eigenvalue weighted by atomic mass is 16.5. The molecule has 1 N–H and O–H groups in total. The fraction of sp³-hybridized carbons (Fsp3) is 0.529. The number of hydrogen-bond acceptors (Lipinski definition) is 5. The van der Waals surface area contributed by atoms with Gasteiger partial charge in [0.2, 0.25) is 5.91 Å². The summed E-state index contributed by atoms with van der Waals surface area (Å²) in [6.45, 7) is 3.49. The third-order valence-electron chi connectivity index (χ3n) is 4.11. The minimum atomic E-state index is -0.0533. The Labute approximate surface area is 141 Å². The van der Waals surface area contributed by atoms with Crippen molar-refractivity contribution in [2.24, 2.45) is 0 Å². The molecule has 1 amide bonds. The number of nitrogens with zero attached hydrogens (tertiary/aromatic N) is 4. The van der Waals surface area contributed by atoms with E-state index in [-0.39, 0.29) is 18.6 Å². The van der Waals surface area contributed by atoms with Crippen molar-refractivity contribution >= 4 is 5.91 Å². The van der Waals surface area contributed by atoms with Crippen LogP contribution in [0.15, 0.2) is 24.8 Å². The molecule has 1 saturated heterocycles. The van der Waals surface area contributed by atoms with E-state index in [2.05, 4.69) is 20.3 Å². The first-order valence-corrected chi connectivity index (χ1v) is 8.45. The van der Waals surface area contributed by atoms with Crippen LogP contribution < -0.4 is 5.32 Å². The lowest BCUT2D eigenvalue weighted by Gasteiger charge is -2.21. The predicted octanol–water partition coefficient (Wildman–Crippen LogP) is 1.79. The lowest BCUT2D eigenvalue weighted by atomic mass is 10.1. The SMILES string of the molecule is CCc1nccn1CC(=O)NCc1cnc(C2CCCCO2)nc1. The number of aryl methyl sites for hydroxylation is 1. The van der Waals surface area contributed by atoms with Crippen LogP contribution in [-0.2, 0) is 29.0 Å². The van der Waals surface area contributed by atoms with Gasteiger partial charge in [0, 0.05) is 49.9 Å². The van der Waals surface area contributed by atoms with E-state index in [4.69, 9.17) is 4.74 Å². The second-order valence-electron chi connectivity index (χ2n) is 5.91. The highest BCUT2D eigenvalue weighted by molar-refractivity contribution is 5.75. The lowest BCUT2D eigenvalue weighted by molar-refractivity contribution is -0.121. The van der Waals surface area contributed by atoms with Crippen LogP contribution in [0.1, 0.15) is 49.5 Å².